The summed E-state index contributed by atoms with van der Waals surface area (Å²) in [6.07, 6.45) is 1.40. The Balaban J connectivity index is 1.84. The number of hydrogen-bond donors (Lipinski definition) is 2. The van der Waals surface area contributed by atoms with E-state index < -0.39 is 10.0 Å². The molecule has 7 heteroatoms. The van der Waals surface area contributed by atoms with Gasteiger partial charge in [-0.2, -0.15) is 0 Å². The maximum atomic E-state index is 11.8. The fourth-order valence-corrected chi connectivity index (χ4v) is 3.88. The molecule has 0 aromatic rings. The van der Waals surface area contributed by atoms with Crippen LogP contribution in [-0.2, 0) is 19.5 Å². The van der Waals surface area contributed by atoms with Gasteiger partial charge in [0.05, 0.1) is 17.9 Å². The van der Waals surface area contributed by atoms with Crippen LogP contribution in [0.4, 0.5) is 0 Å². The monoisotopic (exact) mass is 264 g/mol. The maximum absolute atomic E-state index is 11.8. The van der Waals surface area contributed by atoms with Crippen LogP contribution in [0.2, 0.25) is 0 Å². The van der Waals surface area contributed by atoms with Crippen molar-refractivity contribution in [2.24, 2.45) is 11.7 Å². The van der Waals surface area contributed by atoms with Crippen molar-refractivity contribution in [1.29, 1.82) is 0 Å². The van der Waals surface area contributed by atoms with Gasteiger partial charge in [0, 0.05) is 32.3 Å². The summed E-state index contributed by atoms with van der Waals surface area (Å²) in [6.45, 7) is 1.13. The first-order valence-electron chi connectivity index (χ1n) is 5.91. The van der Waals surface area contributed by atoms with E-state index >= 15 is 0 Å². The summed E-state index contributed by atoms with van der Waals surface area (Å²) >= 11 is 0. The fourth-order valence-electron chi connectivity index (χ4n) is 2.55. The standard InChI is InChI=1S/C10H20N2O4S/c1-15-4-2-6-17(13,14)12-9-8(11)7-3-5-16-10(7)9/h7-10,12H,2-6,11H2,1H3. The molecule has 17 heavy (non-hydrogen) atoms. The number of fused-ring (bicyclic) bond motifs is 1. The molecule has 0 aromatic heterocycles. The van der Waals surface area contributed by atoms with Crippen LogP contribution >= 0.6 is 0 Å². The molecule has 2 aliphatic rings. The van der Waals surface area contributed by atoms with Gasteiger partial charge in [-0.25, -0.2) is 13.1 Å². The predicted molar refractivity (Wildman–Crippen MR) is 63.0 cm³/mol. The van der Waals surface area contributed by atoms with Crippen LogP contribution in [0.25, 0.3) is 0 Å². The number of hydrogen-bond acceptors (Lipinski definition) is 5. The van der Waals surface area contributed by atoms with Gasteiger partial charge in [-0.1, -0.05) is 0 Å². The lowest BCUT2D eigenvalue weighted by atomic mass is 9.73. The molecule has 1 saturated heterocycles. The normalized spacial score (nSPS) is 36.6. The summed E-state index contributed by atoms with van der Waals surface area (Å²) in [6, 6.07) is -0.366. The summed E-state index contributed by atoms with van der Waals surface area (Å²) in [5, 5.41) is 0. The molecule has 3 N–H and O–H groups in total. The number of nitrogens with two attached hydrogens (primary N) is 1. The second-order valence-corrected chi connectivity index (χ2v) is 6.55. The molecular weight excluding hydrogens is 244 g/mol. The van der Waals surface area contributed by atoms with Crippen LogP contribution in [0.15, 0.2) is 0 Å². The van der Waals surface area contributed by atoms with Gasteiger partial charge in [0.15, 0.2) is 0 Å². The van der Waals surface area contributed by atoms with Crippen molar-refractivity contribution in [3.05, 3.63) is 0 Å². The number of sulfonamides is 1. The molecule has 0 aromatic carbocycles. The average molecular weight is 264 g/mol. The maximum Gasteiger partial charge on any atom is 0.212 e. The Hall–Kier alpha value is -0.210. The van der Waals surface area contributed by atoms with Gasteiger partial charge in [-0.3, -0.25) is 0 Å². The second-order valence-electron chi connectivity index (χ2n) is 4.67. The number of ether oxygens (including phenoxy) is 2. The molecule has 1 aliphatic heterocycles. The van der Waals surface area contributed by atoms with E-state index in [1.54, 1.807) is 7.11 Å². The Labute approximate surface area is 102 Å². The third kappa shape index (κ3) is 2.79. The molecule has 4 atom stereocenters. The van der Waals surface area contributed by atoms with E-state index in [0.717, 1.165) is 6.42 Å². The van der Waals surface area contributed by atoms with E-state index in [0.29, 0.717) is 25.6 Å². The molecule has 0 amide bonds. The van der Waals surface area contributed by atoms with Crippen molar-refractivity contribution in [1.82, 2.24) is 4.72 Å². The molecule has 0 spiro atoms. The van der Waals surface area contributed by atoms with Gasteiger partial charge in [-0.05, 0) is 12.8 Å². The van der Waals surface area contributed by atoms with E-state index in [1.807, 2.05) is 0 Å². The molecule has 6 nitrogen and oxygen atoms in total. The van der Waals surface area contributed by atoms with Crippen molar-refractivity contribution in [3.63, 3.8) is 0 Å². The van der Waals surface area contributed by atoms with Crippen molar-refractivity contribution in [3.8, 4) is 0 Å². The Morgan fingerprint density at radius 1 is 1.53 bits per heavy atom. The Morgan fingerprint density at radius 3 is 3.00 bits per heavy atom. The van der Waals surface area contributed by atoms with Gasteiger partial charge < -0.3 is 15.2 Å². The van der Waals surface area contributed by atoms with E-state index in [2.05, 4.69) is 4.72 Å². The number of nitrogens with one attached hydrogen (secondary N) is 1. The molecule has 1 heterocycles. The van der Waals surface area contributed by atoms with Gasteiger partial charge in [0.1, 0.15) is 0 Å². The van der Waals surface area contributed by atoms with E-state index in [4.69, 9.17) is 15.2 Å². The molecule has 0 radical (unpaired) electrons. The fraction of sp³-hybridized carbons (Fsp3) is 1.00. The van der Waals surface area contributed by atoms with Crippen molar-refractivity contribution in [2.75, 3.05) is 26.1 Å². The largest absolute Gasteiger partial charge is 0.385 e. The zero-order chi connectivity index (χ0) is 12.5. The minimum absolute atomic E-state index is 0.0257. The quantitative estimate of drug-likeness (QED) is 0.604. The SMILES string of the molecule is COCCCS(=O)(=O)NC1C(N)C2CCOC21. The number of methoxy groups -OCH3 is 1. The molecule has 1 aliphatic carbocycles. The second kappa shape index (κ2) is 5.19. The first kappa shape index (κ1) is 13.2. The van der Waals surface area contributed by atoms with Gasteiger partial charge in [-0.15, -0.1) is 0 Å². The first-order chi connectivity index (χ1) is 8.05. The third-order valence-corrected chi connectivity index (χ3v) is 4.98. The highest BCUT2D eigenvalue weighted by atomic mass is 32.2. The van der Waals surface area contributed by atoms with Crippen LogP contribution < -0.4 is 10.5 Å². The van der Waals surface area contributed by atoms with E-state index in [1.165, 1.54) is 0 Å². The predicted octanol–water partition coefficient (Wildman–Crippen LogP) is -0.943. The molecule has 100 valence electrons. The smallest absolute Gasteiger partial charge is 0.212 e. The van der Waals surface area contributed by atoms with Crippen LogP contribution in [0, 0.1) is 5.92 Å². The Bertz CT molecular complexity index is 359. The van der Waals surface area contributed by atoms with Gasteiger partial charge in [0.2, 0.25) is 10.0 Å². The molecule has 0 bridgehead atoms. The summed E-state index contributed by atoms with van der Waals surface area (Å²) in [4.78, 5) is 0. The van der Waals surface area contributed by atoms with Crippen LogP contribution in [-0.4, -0.2) is 52.7 Å². The number of rotatable bonds is 6. The highest BCUT2D eigenvalue weighted by Crippen LogP contribution is 2.37. The molecule has 4 unspecified atom stereocenters. The highest BCUT2D eigenvalue weighted by Gasteiger charge is 2.53. The van der Waals surface area contributed by atoms with Crippen LogP contribution in [0.1, 0.15) is 12.8 Å². The van der Waals surface area contributed by atoms with Crippen molar-refractivity contribution in [2.45, 2.75) is 31.0 Å². The average Bonchev–Trinajstić information content (AvgIpc) is 2.71. The molecule has 2 fully saturated rings. The summed E-state index contributed by atoms with van der Waals surface area (Å²) in [5.41, 5.74) is 5.94. The van der Waals surface area contributed by atoms with E-state index in [-0.39, 0.29) is 23.9 Å². The third-order valence-electron chi connectivity index (χ3n) is 3.52. The minimum atomic E-state index is -3.28. The topological polar surface area (TPSA) is 90.7 Å². The van der Waals surface area contributed by atoms with Crippen LogP contribution in [0.3, 0.4) is 0 Å². The molecule has 1 saturated carbocycles. The van der Waals surface area contributed by atoms with Gasteiger partial charge >= 0.3 is 0 Å². The summed E-state index contributed by atoms with van der Waals surface area (Å²) < 4.78 is 36.5. The van der Waals surface area contributed by atoms with Crippen molar-refractivity contribution >= 4 is 10.0 Å². The lowest BCUT2D eigenvalue weighted by Crippen LogP contribution is -2.69. The highest BCUT2D eigenvalue weighted by molar-refractivity contribution is 7.89. The van der Waals surface area contributed by atoms with Crippen molar-refractivity contribution < 1.29 is 17.9 Å². The first-order valence-corrected chi connectivity index (χ1v) is 7.56. The summed E-state index contributed by atoms with van der Waals surface area (Å²) in [7, 11) is -1.72. The lowest BCUT2D eigenvalue weighted by Gasteiger charge is -2.45. The molecule has 2 rings (SSSR count). The van der Waals surface area contributed by atoms with Gasteiger partial charge in [0.25, 0.3) is 0 Å². The molecular formula is C10H20N2O4S. The van der Waals surface area contributed by atoms with E-state index in [9.17, 15) is 8.42 Å². The zero-order valence-electron chi connectivity index (χ0n) is 9.96. The Morgan fingerprint density at radius 2 is 2.29 bits per heavy atom. The summed E-state index contributed by atoms with van der Waals surface area (Å²) in [5.74, 6) is 0.392. The minimum Gasteiger partial charge on any atom is -0.385 e. The van der Waals surface area contributed by atoms with Crippen LogP contribution in [0.5, 0.6) is 0 Å². The Kier molecular flexibility index (Phi) is 4.04. The zero-order valence-corrected chi connectivity index (χ0v) is 10.8. The lowest BCUT2D eigenvalue weighted by molar-refractivity contribution is -0.00924.